The van der Waals surface area contributed by atoms with Crippen molar-refractivity contribution in [2.45, 2.75) is 38.3 Å². The zero-order chi connectivity index (χ0) is 20.9. The van der Waals surface area contributed by atoms with Crippen molar-refractivity contribution in [3.05, 3.63) is 58.6 Å². The number of benzene rings is 1. The van der Waals surface area contributed by atoms with E-state index >= 15 is 0 Å². The van der Waals surface area contributed by atoms with E-state index in [1.54, 1.807) is 36.5 Å². The number of anilines is 1. The molecule has 1 saturated carbocycles. The van der Waals surface area contributed by atoms with Gasteiger partial charge in [0.15, 0.2) is 0 Å². The molecule has 3 atom stereocenters. The van der Waals surface area contributed by atoms with Crippen molar-refractivity contribution in [1.82, 2.24) is 9.55 Å². The average molecular weight is 396 g/mol. The summed E-state index contributed by atoms with van der Waals surface area (Å²) in [5.41, 5.74) is -0.673. The summed E-state index contributed by atoms with van der Waals surface area (Å²) in [5.74, 6) is -0.147. The molecule has 0 saturated heterocycles. The number of amides is 1. The molecule has 3 rings (SSSR count). The maximum absolute atomic E-state index is 12.6. The number of rotatable bonds is 7. The minimum Gasteiger partial charge on any atom is -0.359 e. The van der Waals surface area contributed by atoms with Gasteiger partial charge in [0.2, 0.25) is 0 Å². The van der Waals surface area contributed by atoms with Crippen molar-refractivity contribution in [1.29, 1.82) is 5.26 Å². The number of carbonyl (C=O) groups is 1. The van der Waals surface area contributed by atoms with Crippen LogP contribution in [-0.2, 0) is 9.47 Å². The molecule has 1 aromatic carbocycles. The zero-order valence-electron chi connectivity index (χ0n) is 16.5. The number of nitriles is 1. The van der Waals surface area contributed by atoms with Crippen molar-refractivity contribution in [3.63, 3.8) is 0 Å². The highest BCUT2D eigenvalue weighted by Gasteiger charge is 2.48. The van der Waals surface area contributed by atoms with Gasteiger partial charge < -0.3 is 14.8 Å². The molecule has 1 amide bonds. The van der Waals surface area contributed by atoms with Gasteiger partial charge >= 0.3 is 5.69 Å². The molecule has 1 fully saturated rings. The molecule has 0 radical (unpaired) electrons. The maximum Gasteiger partial charge on any atom is 0.349 e. The van der Waals surface area contributed by atoms with Gasteiger partial charge in [-0.25, -0.2) is 4.79 Å². The molecule has 29 heavy (non-hydrogen) atoms. The van der Waals surface area contributed by atoms with Gasteiger partial charge in [0.05, 0.1) is 17.6 Å². The number of methoxy groups -OCH3 is 1. The molecular weight excluding hydrogens is 372 g/mol. The SMILES string of the molecule is CC[C@@]1(C#N)C[C@@H](n2ccc(NC(=O)c3ccccc3)nc2=O)C[C@@H]1OCOC. The lowest BCUT2D eigenvalue weighted by molar-refractivity contribution is -0.0968. The van der Waals surface area contributed by atoms with E-state index in [0.29, 0.717) is 24.8 Å². The van der Waals surface area contributed by atoms with Crippen LogP contribution in [0.2, 0.25) is 0 Å². The van der Waals surface area contributed by atoms with Gasteiger partial charge in [-0.3, -0.25) is 9.36 Å². The molecule has 1 aliphatic carbocycles. The fourth-order valence-electron chi connectivity index (χ4n) is 3.80. The third-order valence-electron chi connectivity index (χ3n) is 5.44. The molecule has 0 bridgehead atoms. The highest BCUT2D eigenvalue weighted by molar-refractivity contribution is 6.03. The summed E-state index contributed by atoms with van der Waals surface area (Å²) in [5, 5.41) is 12.4. The molecule has 0 aliphatic heterocycles. The standard InChI is InChI=1S/C21H24N4O4/c1-3-21(13-22)12-16(11-17(21)29-14-28-2)25-10-9-18(24-20(25)27)23-19(26)15-7-5-4-6-8-15/h4-10,16-17H,3,11-12,14H2,1-2H3,(H,23,24,26,27)/t16-,17-,21-/m0/s1. The summed E-state index contributed by atoms with van der Waals surface area (Å²) >= 11 is 0. The first kappa shape index (κ1) is 20.7. The van der Waals surface area contributed by atoms with Crippen LogP contribution in [0, 0.1) is 16.7 Å². The lowest BCUT2D eigenvalue weighted by atomic mass is 9.83. The van der Waals surface area contributed by atoms with Crippen molar-refractivity contribution >= 4 is 11.7 Å². The Bertz CT molecular complexity index is 953. The van der Waals surface area contributed by atoms with E-state index in [0.717, 1.165) is 0 Å². The van der Waals surface area contributed by atoms with Crippen molar-refractivity contribution in [3.8, 4) is 6.07 Å². The first-order chi connectivity index (χ1) is 14.0. The van der Waals surface area contributed by atoms with Crippen LogP contribution in [0.25, 0.3) is 0 Å². The Morgan fingerprint density at radius 2 is 2.14 bits per heavy atom. The number of hydrogen-bond donors (Lipinski definition) is 1. The van der Waals surface area contributed by atoms with Crippen LogP contribution in [0.3, 0.4) is 0 Å². The monoisotopic (exact) mass is 396 g/mol. The van der Waals surface area contributed by atoms with Crippen LogP contribution >= 0.6 is 0 Å². The minimum absolute atomic E-state index is 0.0957. The van der Waals surface area contributed by atoms with Crippen LogP contribution < -0.4 is 11.0 Å². The molecule has 1 N–H and O–H groups in total. The number of aromatic nitrogens is 2. The number of carbonyl (C=O) groups excluding carboxylic acids is 1. The topological polar surface area (TPSA) is 106 Å². The summed E-state index contributed by atoms with van der Waals surface area (Å²) in [6.07, 6.45) is 2.90. The van der Waals surface area contributed by atoms with E-state index in [-0.39, 0.29) is 30.7 Å². The maximum atomic E-state index is 12.6. The largest absolute Gasteiger partial charge is 0.359 e. The Hall–Kier alpha value is -3.02. The fourth-order valence-corrected chi connectivity index (χ4v) is 3.80. The second-order valence-corrected chi connectivity index (χ2v) is 7.10. The van der Waals surface area contributed by atoms with Crippen LogP contribution in [0.5, 0.6) is 0 Å². The summed E-state index contributed by atoms with van der Waals surface area (Å²) in [6, 6.07) is 12.5. The second-order valence-electron chi connectivity index (χ2n) is 7.10. The van der Waals surface area contributed by atoms with Gasteiger partial charge in [-0.15, -0.1) is 0 Å². The predicted octanol–water partition coefficient (Wildman–Crippen LogP) is 2.74. The Labute approximate surface area is 169 Å². The second kappa shape index (κ2) is 8.99. The summed E-state index contributed by atoms with van der Waals surface area (Å²) < 4.78 is 12.2. The summed E-state index contributed by atoms with van der Waals surface area (Å²) in [7, 11) is 1.53. The lowest BCUT2D eigenvalue weighted by Gasteiger charge is -2.26. The smallest absolute Gasteiger partial charge is 0.349 e. The molecule has 2 aromatic rings. The highest BCUT2D eigenvalue weighted by atomic mass is 16.7. The van der Waals surface area contributed by atoms with E-state index in [2.05, 4.69) is 16.4 Å². The normalized spacial score (nSPS) is 23.5. The zero-order valence-corrected chi connectivity index (χ0v) is 16.5. The summed E-state index contributed by atoms with van der Waals surface area (Å²) in [6.45, 7) is 2.04. The van der Waals surface area contributed by atoms with E-state index in [9.17, 15) is 14.9 Å². The van der Waals surface area contributed by atoms with Crippen LogP contribution in [0.1, 0.15) is 42.6 Å². The molecule has 1 aliphatic rings. The number of hydrogen-bond acceptors (Lipinski definition) is 6. The Kier molecular flexibility index (Phi) is 6.42. The first-order valence-electron chi connectivity index (χ1n) is 9.50. The molecule has 0 unspecified atom stereocenters. The Balaban J connectivity index is 1.77. The minimum atomic E-state index is -0.678. The van der Waals surface area contributed by atoms with E-state index in [1.807, 2.05) is 13.0 Å². The molecular formula is C21H24N4O4. The molecule has 0 spiro atoms. The third kappa shape index (κ3) is 4.36. The lowest BCUT2D eigenvalue weighted by Crippen LogP contribution is -2.30. The van der Waals surface area contributed by atoms with Gasteiger partial charge in [0.25, 0.3) is 5.91 Å². The predicted molar refractivity (Wildman–Crippen MR) is 106 cm³/mol. The molecule has 8 heteroatoms. The van der Waals surface area contributed by atoms with Crippen molar-refractivity contribution < 1.29 is 14.3 Å². The third-order valence-corrected chi connectivity index (χ3v) is 5.44. The van der Waals surface area contributed by atoms with Gasteiger partial charge in [-0.05, 0) is 37.5 Å². The van der Waals surface area contributed by atoms with Crippen molar-refractivity contribution in [2.75, 3.05) is 19.2 Å². The van der Waals surface area contributed by atoms with E-state index in [1.165, 1.54) is 11.7 Å². The molecule has 8 nitrogen and oxygen atoms in total. The molecule has 152 valence electrons. The Morgan fingerprint density at radius 1 is 1.38 bits per heavy atom. The number of ether oxygens (including phenoxy) is 2. The van der Waals surface area contributed by atoms with Crippen LogP contribution in [0.15, 0.2) is 47.4 Å². The Morgan fingerprint density at radius 3 is 2.76 bits per heavy atom. The van der Waals surface area contributed by atoms with Crippen molar-refractivity contribution in [2.24, 2.45) is 5.41 Å². The van der Waals surface area contributed by atoms with Crippen LogP contribution in [0.4, 0.5) is 5.82 Å². The average Bonchev–Trinajstić information content (AvgIpc) is 3.11. The first-order valence-corrected chi connectivity index (χ1v) is 9.50. The summed E-state index contributed by atoms with van der Waals surface area (Å²) in [4.78, 5) is 28.9. The van der Waals surface area contributed by atoms with Gasteiger partial charge in [0.1, 0.15) is 12.6 Å². The van der Waals surface area contributed by atoms with Gasteiger partial charge in [0, 0.05) is 24.9 Å². The van der Waals surface area contributed by atoms with Gasteiger partial charge in [-0.2, -0.15) is 10.2 Å². The molecule has 1 heterocycles. The van der Waals surface area contributed by atoms with Crippen LogP contribution in [-0.4, -0.2) is 35.5 Å². The number of nitrogens with one attached hydrogen (secondary N) is 1. The molecule has 1 aromatic heterocycles. The fraction of sp³-hybridized carbons (Fsp3) is 0.429. The number of nitrogens with zero attached hydrogens (tertiary/aromatic N) is 3. The van der Waals surface area contributed by atoms with E-state index in [4.69, 9.17) is 9.47 Å². The van der Waals surface area contributed by atoms with Gasteiger partial charge in [-0.1, -0.05) is 25.1 Å². The highest BCUT2D eigenvalue weighted by Crippen LogP contribution is 2.47. The quantitative estimate of drug-likeness (QED) is 0.721. The van der Waals surface area contributed by atoms with E-state index < -0.39 is 11.1 Å².